The minimum atomic E-state index is -1.26. The van der Waals surface area contributed by atoms with Crippen molar-refractivity contribution in [3.05, 3.63) is 64.8 Å². The van der Waals surface area contributed by atoms with E-state index in [1.807, 2.05) is 30.9 Å². The zero-order chi connectivity index (χ0) is 25.1. The highest BCUT2D eigenvalue weighted by molar-refractivity contribution is 5.87. The molecule has 0 N–H and O–H groups in total. The summed E-state index contributed by atoms with van der Waals surface area (Å²) in [6.07, 6.45) is 7.14. The van der Waals surface area contributed by atoms with Crippen LogP contribution in [-0.4, -0.2) is 35.8 Å². The number of hydrogen-bond acceptors (Lipinski definition) is 6. The number of aryl methyl sites for hydroxylation is 2. The molecular weight excluding hydrogens is 469 g/mol. The predicted molar refractivity (Wildman–Crippen MR) is 126 cm³/mol. The maximum Gasteiger partial charge on any atom is 0.182 e. The number of ether oxygens (including phenoxy) is 1. The van der Waals surface area contributed by atoms with Gasteiger partial charge in [-0.3, -0.25) is 4.68 Å². The molecule has 6 rings (SSSR count). The lowest BCUT2D eigenvalue weighted by Crippen LogP contribution is -2.26. The number of aromatic nitrogens is 6. The molecule has 0 radical (unpaired) electrons. The van der Waals surface area contributed by atoms with E-state index >= 15 is 0 Å². The molecule has 0 spiro atoms. The van der Waals surface area contributed by atoms with E-state index < -0.39 is 17.5 Å². The second kappa shape index (κ2) is 8.62. The van der Waals surface area contributed by atoms with Crippen molar-refractivity contribution < 1.29 is 17.9 Å². The Hall–Kier alpha value is -3.40. The largest absolute Gasteiger partial charge is 0.370 e. The van der Waals surface area contributed by atoms with Gasteiger partial charge in [-0.1, -0.05) is 0 Å². The normalized spacial score (nSPS) is 22.3. The monoisotopic (exact) mass is 494 g/mol. The van der Waals surface area contributed by atoms with Crippen molar-refractivity contribution in [3.63, 3.8) is 0 Å². The first-order chi connectivity index (χ1) is 17.3. The maximum absolute atomic E-state index is 14.9. The van der Waals surface area contributed by atoms with Crippen LogP contribution in [0.25, 0.3) is 22.4 Å². The molecule has 1 aliphatic heterocycles. The number of rotatable bonds is 4. The van der Waals surface area contributed by atoms with Crippen LogP contribution in [0.1, 0.15) is 73.4 Å². The fraction of sp³-hybridized carbons (Fsp3) is 0.423. The molecule has 3 atom stereocenters. The van der Waals surface area contributed by atoms with Gasteiger partial charge in [0.15, 0.2) is 17.3 Å². The Balaban J connectivity index is 1.45. The fourth-order valence-electron chi connectivity index (χ4n) is 4.83. The summed E-state index contributed by atoms with van der Waals surface area (Å²) >= 11 is 0. The Kier molecular flexibility index (Phi) is 5.51. The number of nitrogens with zero attached hydrogens (tertiary/aromatic N) is 6. The lowest BCUT2D eigenvalue weighted by molar-refractivity contribution is -0.0511. The first-order valence-corrected chi connectivity index (χ1v) is 12.1. The second-order valence-electron chi connectivity index (χ2n) is 9.83. The lowest BCUT2D eigenvalue weighted by Gasteiger charge is -2.33. The molecular formula is C26H25F3N6O. The third-order valence-corrected chi connectivity index (χ3v) is 7.02. The standard InChI is InChI=1S/C26H25F3N6O/c1-12-6-15(7-22(36-12)16-10-30-35(11-16)17-4-5-17)25-33-23(18-8-20(28)21(29)9-19(18)27)24-26(34-25)32-14(3)13(2)31-24/h8-12,15,17,22H,4-7H2,1-3H3. The first-order valence-electron chi connectivity index (χ1n) is 12.1. The van der Waals surface area contributed by atoms with Crippen LogP contribution in [0, 0.1) is 31.3 Å². The van der Waals surface area contributed by atoms with E-state index in [0.29, 0.717) is 47.8 Å². The van der Waals surface area contributed by atoms with Gasteiger partial charge < -0.3 is 4.74 Å². The van der Waals surface area contributed by atoms with Crippen molar-refractivity contribution in [2.75, 3.05) is 0 Å². The van der Waals surface area contributed by atoms with Gasteiger partial charge in [0.25, 0.3) is 0 Å². The topological polar surface area (TPSA) is 78.6 Å². The highest BCUT2D eigenvalue weighted by Crippen LogP contribution is 2.41. The summed E-state index contributed by atoms with van der Waals surface area (Å²) in [6, 6.07) is 1.81. The van der Waals surface area contributed by atoms with Crippen LogP contribution in [0.4, 0.5) is 13.2 Å². The molecule has 10 heteroatoms. The van der Waals surface area contributed by atoms with E-state index in [2.05, 4.69) is 20.1 Å². The predicted octanol–water partition coefficient (Wildman–Crippen LogP) is 5.68. The fourth-order valence-corrected chi connectivity index (χ4v) is 4.83. The number of hydrogen-bond donors (Lipinski definition) is 0. The molecule has 4 heterocycles. The molecule has 1 aliphatic carbocycles. The Morgan fingerprint density at radius 2 is 1.67 bits per heavy atom. The lowest BCUT2D eigenvalue weighted by atomic mass is 9.89. The van der Waals surface area contributed by atoms with Gasteiger partial charge >= 0.3 is 0 Å². The highest BCUT2D eigenvalue weighted by Gasteiger charge is 2.34. The van der Waals surface area contributed by atoms with Crippen molar-refractivity contribution in [3.8, 4) is 11.3 Å². The number of benzene rings is 1. The van der Waals surface area contributed by atoms with Crippen molar-refractivity contribution in [2.24, 2.45) is 0 Å². The van der Waals surface area contributed by atoms with Crippen LogP contribution in [0.5, 0.6) is 0 Å². The summed E-state index contributed by atoms with van der Waals surface area (Å²) in [4.78, 5) is 18.5. The van der Waals surface area contributed by atoms with Gasteiger partial charge in [0, 0.05) is 29.3 Å². The zero-order valence-electron chi connectivity index (χ0n) is 20.2. The van der Waals surface area contributed by atoms with Crippen molar-refractivity contribution in [1.29, 1.82) is 0 Å². The van der Waals surface area contributed by atoms with E-state index in [1.165, 1.54) is 0 Å². The van der Waals surface area contributed by atoms with Crippen LogP contribution in [-0.2, 0) is 4.74 Å². The average molecular weight is 495 g/mol. The van der Waals surface area contributed by atoms with E-state index in [-0.39, 0.29) is 34.9 Å². The molecule has 1 saturated carbocycles. The molecule has 36 heavy (non-hydrogen) atoms. The SMILES string of the molecule is Cc1nc2nc(C3CC(C)OC(c4cnn(C5CC5)c4)C3)nc(-c3cc(F)c(F)cc3F)c2nc1C. The second-order valence-corrected chi connectivity index (χ2v) is 9.83. The molecule has 3 unspecified atom stereocenters. The van der Waals surface area contributed by atoms with Crippen molar-refractivity contribution in [2.45, 2.75) is 70.6 Å². The third kappa shape index (κ3) is 4.13. The molecule has 2 aliphatic rings. The molecule has 0 amide bonds. The van der Waals surface area contributed by atoms with Gasteiger partial charge in [-0.15, -0.1) is 0 Å². The molecule has 7 nitrogen and oxygen atoms in total. The van der Waals surface area contributed by atoms with E-state index in [9.17, 15) is 13.2 Å². The summed E-state index contributed by atoms with van der Waals surface area (Å²) in [6.45, 7) is 5.58. The maximum atomic E-state index is 14.9. The van der Waals surface area contributed by atoms with Crippen LogP contribution in [0.15, 0.2) is 24.5 Å². The first kappa shape index (κ1) is 23.0. The molecule has 186 valence electrons. The molecule has 2 fully saturated rings. The molecule has 1 aromatic carbocycles. The summed E-state index contributed by atoms with van der Waals surface area (Å²) in [5, 5.41) is 4.49. The summed E-state index contributed by atoms with van der Waals surface area (Å²) < 4.78 is 50.9. The zero-order valence-corrected chi connectivity index (χ0v) is 20.2. The van der Waals surface area contributed by atoms with E-state index in [0.717, 1.165) is 24.5 Å². The van der Waals surface area contributed by atoms with Gasteiger partial charge in [0.2, 0.25) is 0 Å². The minimum absolute atomic E-state index is 0.0772. The van der Waals surface area contributed by atoms with Crippen LogP contribution >= 0.6 is 0 Å². The van der Waals surface area contributed by atoms with Gasteiger partial charge in [-0.2, -0.15) is 5.10 Å². The Morgan fingerprint density at radius 1 is 0.917 bits per heavy atom. The summed E-state index contributed by atoms with van der Waals surface area (Å²) in [7, 11) is 0. The molecule has 3 aromatic heterocycles. The van der Waals surface area contributed by atoms with Crippen LogP contribution < -0.4 is 0 Å². The minimum Gasteiger partial charge on any atom is -0.370 e. The number of halogens is 3. The van der Waals surface area contributed by atoms with Crippen LogP contribution in [0.2, 0.25) is 0 Å². The smallest absolute Gasteiger partial charge is 0.182 e. The third-order valence-electron chi connectivity index (χ3n) is 7.02. The van der Waals surface area contributed by atoms with Gasteiger partial charge in [-0.25, -0.2) is 33.1 Å². The van der Waals surface area contributed by atoms with Gasteiger partial charge in [0.05, 0.1) is 35.8 Å². The van der Waals surface area contributed by atoms with Crippen molar-refractivity contribution >= 4 is 11.2 Å². The van der Waals surface area contributed by atoms with Gasteiger partial charge in [-0.05, 0) is 52.5 Å². The quantitative estimate of drug-likeness (QED) is 0.340. The Bertz CT molecular complexity index is 1480. The number of fused-ring (bicyclic) bond motifs is 1. The van der Waals surface area contributed by atoms with E-state index in [4.69, 9.17) is 9.72 Å². The Morgan fingerprint density at radius 3 is 2.44 bits per heavy atom. The molecule has 1 saturated heterocycles. The van der Waals surface area contributed by atoms with E-state index in [1.54, 1.807) is 6.92 Å². The Labute approximate surface area is 205 Å². The van der Waals surface area contributed by atoms with Crippen molar-refractivity contribution in [1.82, 2.24) is 29.7 Å². The van der Waals surface area contributed by atoms with Gasteiger partial charge in [0.1, 0.15) is 22.9 Å². The molecule has 0 bridgehead atoms. The average Bonchev–Trinajstić information content (AvgIpc) is 3.57. The highest BCUT2D eigenvalue weighted by atomic mass is 19.2. The summed E-state index contributed by atoms with van der Waals surface area (Å²) in [5.74, 6) is -3.02. The van der Waals surface area contributed by atoms with Crippen LogP contribution in [0.3, 0.4) is 0 Å². The summed E-state index contributed by atoms with van der Waals surface area (Å²) in [5.41, 5.74) is 2.75. The molecule has 4 aromatic rings.